The first-order chi connectivity index (χ1) is 12.9. The Morgan fingerprint density at radius 1 is 1.30 bits per heavy atom. The number of carbonyl (C=O) groups is 1. The van der Waals surface area contributed by atoms with Crippen LogP contribution < -0.4 is 5.32 Å². The van der Waals surface area contributed by atoms with Gasteiger partial charge in [-0.3, -0.25) is 20.2 Å². The van der Waals surface area contributed by atoms with E-state index in [4.69, 9.17) is 11.6 Å². The van der Waals surface area contributed by atoms with Crippen LogP contribution in [-0.2, 0) is 5.75 Å². The number of hydrogen-bond donors (Lipinski definition) is 1. The quantitative estimate of drug-likeness (QED) is 0.262. The fourth-order valence-corrected chi connectivity index (χ4v) is 4.22. The third-order valence-corrected chi connectivity index (χ3v) is 5.90. The number of carbonyl (C=O) groups excluding carboxylic acids is 1. The predicted octanol–water partition coefficient (Wildman–Crippen LogP) is 4.95. The molecule has 0 spiro atoms. The highest BCUT2D eigenvalue weighted by Gasteiger charge is 2.19. The van der Waals surface area contributed by atoms with Gasteiger partial charge in [0.2, 0.25) is 5.13 Å². The Hall–Kier alpha value is -2.49. The maximum Gasteiger partial charge on any atom is 0.273 e. The molecule has 0 saturated carbocycles. The van der Waals surface area contributed by atoms with Gasteiger partial charge in [0.1, 0.15) is 0 Å². The van der Waals surface area contributed by atoms with Gasteiger partial charge in [0.05, 0.1) is 4.92 Å². The SMILES string of the molecule is Cc1c(C(=O)Nc2nnc(SCc3cccc(Cl)c3)s2)cccc1[N+](=O)[O-]. The van der Waals surface area contributed by atoms with Gasteiger partial charge < -0.3 is 0 Å². The number of benzene rings is 2. The second-order valence-corrected chi connectivity index (χ2v) is 8.09. The highest BCUT2D eigenvalue weighted by atomic mass is 35.5. The Morgan fingerprint density at radius 3 is 2.81 bits per heavy atom. The molecule has 0 fully saturated rings. The number of nitro groups is 1. The van der Waals surface area contributed by atoms with Gasteiger partial charge in [-0.25, -0.2) is 0 Å². The molecule has 1 heterocycles. The van der Waals surface area contributed by atoms with Crippen LogP contribution in [0.15, 0.2) is 46.8 Å². The van der Waals surface area contributed by atoms with E-state index in [1.807, 2.05) is 24.3 Å². The van der Waals surface area contributed by atoms with Gasteiger partial charge >= 0.3 is 0 Å². The first-order valence-electron chi connectivity index (χ1n) is 7.70. The average Bonchev–Trinajstić information content (AvgIpc) is 3.07. The third kappa shape index (κ3) is 4.82. The van der Waals surface area contributed by atoms with Crippen LogP contribution in [0.3, 0.4) is 0 Å². The van der Waals surface area contributed by atoms with Crippen molar-refractivity contribution in [1.82, 2.24) is 10.2 Å². The molecule has 0 bridgehead atoms. The molecule has 3 aromatic rings. The summed E-state index contributed by atoms with van der Waals surface area (Å²) in [5.74, 6) is 0.214. The first-order valence-corrected chi connectivity index (χ1v) is 9.88. The largest absolute Gasteiger partial charge is 0.296 e. The van der Waals surface area contributed by atoms with E-state index in [0.29, 0.717) is 25.8 Å². The normalized spacial score (nSPS) is 10.6. The van der Waals surface area contributed by atoms with Gasteiger partial charge in [0.15, 0.2) is 4.34 Å². The lowest BCUT2D eigenvalue weighted by molar-refractivity contribution is -0.385. The first kappa shape index (κ1) is 19.3. The van der Waals surface area contributed by atoms with Gasteiger partial charge in [-0.1, -0.05) is 52.9 Å². The minimum absolute atomic E-state index is 0.0994. The van der Waals surface area contributed by atoms with Crippen molar-refractivity contribution in [2.24, 2.45) is 0 Å². The van der Waals surface area contributed by atoms with Crippen LogP contribution in [-0.4, -0.2) is 21.0 Å². The molecule has 1 N–H and O–H groups in total. The van der Waals surface area contributed by atoms with Gasteiger partial charge in [-0.15, -0.1) is 10.2 Å². The molecular weight excluding hydrogens is 408 g/mol. The summed E-state index contributed by atoms with van der Waals surface area (Å²) < 4.78 is 0.695. The van der Waals surface area contributed by atoms with Crippen molar-refractivity contribution < 1.29 is 9.72 Å². The Morgan fingerprint density at radius 2 is 2.07 bits per heavy atom. The molecule has 1 amide bonds. The van der Waals surface area contributed by atoms with Crippen LogP contribution >= 0.6 is 34.7 Å². The molecule has 2 aromatic carbocycles. The number of hydrogen-bond acceptors (Lipinski definition) is 7. The average molecular weight is 421 g/mol. The number of nitrogens with zero attached hydrogens (tertiary/aromatic N) is 3. The molecule has 0 unspecified atom stereocenters. The van der Waals surface area contributed by atoms with Crippen molar-refractivity contribution in [3.8, 4) is 0 Å². The summed E-state index contributed by atoms with van der Waals surface area (Å²) in [7, 11) is 0. The van der Waals surface area contributed by atoms with Crippen molar-refractivity contribution in [2.45, 2.75) is 17.0 Å². The number of anilines is 1. The summed E-state index contributed by atoms with van der Waals surface area (Å²) in [5.41, 5.74) is 1.49. The third-order valence-electron chi connectivity index (χ3n) is 3.62. The number of nitro benzene ring substituents is 1. The number of amides is 1. The molecule has 0 aliphatic carbocycles. The van der Waals surface area contributed by atoms with Gasteiger partial charge in [-0.2, -0.15) is 0 Å². The highest BCUT2D eigenvalue weighted by Crippen LogP contribution is 2.29. The van der Waals surface area contributed by atoms with Crippen molar-refractivity contribution in [1.29, 1.82) is 0 Å². The van der Waals surface area contributed by atoms with Crippen LogP contribution in [0.2, 0.25) is 5.02 Å². The molecule has 1 aromatic heterocycles. The van der Waals surface area contributed by atoms with E-state index in [2.05, 4.69) is 15.5 Å². The number of thioether (sulfide) groups is 1. The number of halogens is 1. The summed E-state index contributed by atoms with van der Waals surface area (Å²) in [6.07, 6.45) is 0. The Labute approximate surface area is 167 Å². The fraction of sp³-hybridized carbons (Fsp3) is 0.118. The maximum absolute atomic E-state index is 12.4. The molecule has 0 atom stereocenters. The van der Waals surface area contributed by atoms with Crippen LogP contribution in [0, 0.1) is 17.0 Å². The van der Waals surface area contributed by atoms with Crippen molar-refractivity contribution in [3.63, 3.8) is 0 Å². The van der Waals surface area contributed by atoms with E-state index < -0.39 is 10.8 Å². The molecule has 27 heavy (non-hydrogen) atoms. The molecule has 0 aliphatic heterocycles. The van der Waals surface area contributed by atoms with Crippen molar-refractivity contribution in [3.05, 3.63) is 74.3 Å². The van der Waals surface area contributed by atoms with E-state index in [9.17, 15) is 14.9 Å². The molecule has 7 nitrogen and oxygen atoms in total. The van der Waals surface area contributed by atoms with Gasteiger partial charge in [0.25, 0.3) is 11.6 Å². The van der Waals surface area contributed by atoms with Crippen LogP contribution in [0.1, 0.15) is 21.5 Å². The lowest BCUT2D eigenvalue weighted by Gasteiger charge is -2.05. The Bertz CT molecular complexity index is 1010. The Kier molecular flexibility index (Phi) is 6.04. The zero-order valence-corrected chi connectivity index (χ0v) is 16.4. The monoisotopic (exact) mass is 420 g/mol. The minimum atomic E-state index is -0.512. The van der Waals surface area contributed by atoms with E-state index in [1.54, 1.807) is 6.92 Å². The molecule has 0 radical (unpaired) electrons. The van der Waals surface area contributed by atoms with E-state index >= 15 is 0 Å². The summed E-state index contributed by atoms with van der Waals surface area (Å²) in [6.45, 7) is 1.54. The second-order valence-electron chi connectivity index (χ2n) is 5.45. The summed E-state index contributed by atoms with van der Waals surface area (Å²) in [4.78, 5) is 22.9. The topological polar surface area (TPSA) is 98.0 Å². The molecule has 3 rings (SSSR count). The molecular formula is C17H13ClN4O3S2. The minimum Gasteiger partial charge on any atom is -0.296 e. The number of nitrogens with one attached hydrogen (secondary N) is 1. The summed E-state index contributed by atoms with van der Waals surface area (Å²) in [5, 5.41) is 22.7. The summed E-state index contributed by atoms with van der Waals surface area (Å²) >= 11 is 8.68. The molecule has 0 saturated heterocycles. The van der Waals surface area contributed by atoms with Crippen LogP contribution in [0.25, 0.3) is 0 Å². The van der Waals surface area contributed by atoms with Crippen molar-refractivity contribution >= 4 is 51.4 Å². The standard InChI is InChI=1S/C17H13ClN4O3S2/c1-10-13(6-3-7-14(10)22(24)25)15(23)19-16-20-21-17(27-16)26-9-11-4-2-5-12(18)8-11/h2-8H,9H2,1H3,(H,19,20,23). The molecule has 0 aliphatic rings. The van der Waals surface area contributed by atoms with Crippen molar-refractivity contribution in [2.75, 3.05) is 5.32 Å². The van der Waals surface area contributed by atoms with Gasteiger partial charge in [0, 0.05) is 28.0 Å². The molecule has 138 valence electrons. The van der Waals surface area contributed by atoms with E-state index in [1.165, 1.54) is 41.3 Å². The lowest BCUT2D eigenvalue weighted by Crippen LogP contribution is -2.14. The lowest BCUT2D eigenvalue weighted by atomic mass is 10.1. The Balaban J connectivity index is 1.66. The predicted molar refractivity (Wildman–Crippen MR) is 107 cm³/mol. The van der Waals surface area contributed by atoms with E-state index in [-0.39, 0.29) is 11.3 Å². The van der Waals surface area contributed by atoms with E-state index in [0.717, 1.165) is 5.56 Å². The second kappa shape index (κ2) is 8.47. The zero-order valence-electron chi connectivity index (χ0n) is 14.0. The zero-order chi connectivity index (χ0) is 19.4. The molecule has 10 heteroatoms. The van der Waals surface area contributed by atoms with Crippen LogP contribution in [0.4, 0.5) is 10.8 Å². The van der Waals surface area contributed by atoms with Crippen LogP contribution in [0.5, 0.6) is 0 Å². The smallest absolute Gasteiger partial charge is 0.273 e. The highest BCUT2D eigenvalue weighted by molar-refractivity contribution is 8.00. The fourth-order valence-electron chi connectivity index (χ4n) is 2.32. The number of aromatic nitrogens is 2. The summed E-state index contributed by atoms with van der Waals surface area (Å²) in [6, 6.07) is 11.9. The maximum atomic E-state index is 12.4. The van der Waals surface area contributed by atoms with Gasteiger partial charge in [-0.05, 0) is 30.7 Å². The number of rotatable bonds is 6.